The van der Waals surface area contributed by atoms with Crippen LogP contribution in [0.5, 0.6) is 11.5 Å². The summed E-state index contributed by atoms with van der Waals surface area (Å²) >= 11 is 0. The zero-order chi connectivity index (χ0) is 23.6. The molecular weight excluding hydrogens is 436 g/mol. The molecule has 3 aromatic rings. The predicted molar refractivity (Wildman–Crippen MR) is 138 cm³/mol. The Morgan fingerprint density at radius 1 is 0.829 bits per heavy atom. The molecule has 3 unspecified atom stereocenters. The van der Waals surface area contributed by atoms with Gasteiger partial charge in [-0.25, -0.2) is 0 Å². The van der Waals surface area contributed by atoms with Crippen LogP contribution >= 0.6 is 0 Å². The molecule has 0 aromatic heterocycles. The van der Waals surface area contributed by atoms with Gasteiger partial charge in [0, 0.05) is 5.56 Å². The van der Waals surface area contributed by atoms with E-state index in [0.717, 1.165) is 49.5 Å². The molecule has 2 saturated heterocycles. The van der Waals surface area contributed by atoms with Crippen LogP contribution in [-0.4, -0.2) is 38.6 Å². The van der Waals surface area contributed by atoms with Gasteiger partial charge in [0.15, 0.2) is 0 Å². The van der Waals surface area contributed by atoms with Gasteiger partial charge in [0.2, 0.25) is 0 Å². The van der Waals surface area contributed by atoms with Gasteiger partial charge in [-0.15, -0.1) is 0 Å². The third-order valence-electron chi connectivity index (χ3n) is 7.15. The van der Waals surface area contributed by atoms with Gasteiger partial charge in [0.05, 0.1) is 13.2 Å². The summed E-state index contributed by atoms with van der Waals surface area (Å²) in [5.74, 6) is 2.45. The highest BCUT2D eigenvalue weighted by atomic mass is 16.6. The highest BCUT2D eigenvalue weighted by Crippen LogP contribution is 2.41. The molecule has 2 heterocycles. The van der Waals surface area contributed by atoms with E-state index in [1.807, 2.05) is 0 Å². The van der Waals surface area contributed by atoms with Crippen molar-refractivity contribution in [2.24, 2.45) is 0 Å². The molecular formula is C31H32O4. The minimum absolute atomic E-state index is 0.239. The second-order valence-corrected chi connectivity index (χ2v) is 9.84. The van der Waals surface area contributed by atoms with E-state index in [-0.39, 0.29) is 12.2 Å². The first kappa shape index (κ1) is 22.4. The molecule has 3 aromatic carbocycles. The van der Waals surface area contributed by atoms with Crippen molar-refractivity contribution >= 4 is 5.57 Å². The van der Waals surface area contributed by atoms with Crippen LogP contribution in [0, 0.1) is 6.92 Å². The standard InChI is InChI=1S/C31H32O4/c1-21-15-26(16-30(25-5-3-2-4-6-25)31(21)35-20-29-19-34-29)24-9-7-22(8-10-24)23-11-13-27(14-12-23)32-17-28-18-33-28/h2-6,9,11-16,22,28-29H,7-8,10,17-20H2,1H3. The molecule has 0 radical (unpaired) electrons. The fourth-order valence-electron chi connectivity index (χ4n) is 4.91. The summed E-state index contributed by atoms with van der Waals surface area (Å²) in [7, 11) is 0. The van der Waals surface area contributed by atoms with Gasteiger partial charge in [-0.05, 0) is 84.2 Å². The van der Waals surface area contributed by atoms with E-state index in [0.29, 0.717) is 19.1 Å². The topological polar surface area (TPSA) is 43.5 Å². The SMILES string of the molecule is Cc1cc(C2=CCC(c3ccc(OCC4CO4)cc3)CC2)cc(-c2ccccc2)c1OCC1CO1. The van der Waals surface area contributed by atoms with Crippen molar-refractivity contribution in [2.75, 3.05) is 26.4 Å². The van der Waals surface area contributed by atoms with E-state index in [1.165, 1.54) is 27.8 Å². The summed E-state index contributed by atoms with van der Waals surface area (Å²) in [5.41, 5.74) is 7.66. The Kier molecular flexibility index (Phi) is 6.32. The monoisotopic (exact) mass is 468 g/mol. The van der Waals surface area contributed by atoms with Gasteiger partial charge in [-0.3, -0.25) is 0 Å². The minimum Gasteiger partial charge on any atom is -0.491 e. The van der Waals surface area contributed by atoms with E-state index in [1.54, 1.807) is 0 Å². The summed E-state index contributed by atoms with van der Waals surface area (Å²) in [4.78, 5) is 0. The second kappa shape index (κ2) is 9.88. The highest BCUT2D eigenvalue weighted by molar-refractivity contribution is 5.79. The van der Waals surface area contributed by atoms with Crippen molar-refractivity contribution in [1.29, 1.82) is 0 Å². The molecule has 6 rings (SSSR count). The smallest absolute Gasteiger partial charge is 0.130 e. The quantitative estimate of drug-likeness (QED) is 0.333. The van der Waals surface area contributed by atoms with Crippen molar-refractivity contribution in [3.63, 3.8) is 0 Å². The van der Waals surface area contributed by atoms with Gasteiger partial charge in [-0.2, -0.15) is 0 Å². The number of aryl methyl sites for hydroxylation is 1. The third kappa shape index (κ3) is 5.44. The van der Waals surface area contributed by atoms with E-state index in [2.05, 4.69) is 79.7 Å². The van der Waals surface area contributed by atoms with Crippen LogP contribution in [0.1, 0.15) is 41.9 Å². The molecule has 2 aliphatic heterocycles. The largest absolute Gasteiger partial charge is 0.491 e. The normalized spacial score (nSPS) is 22.9. The van der Waals surface area contributed by atoms with Gasteiger partial charge in [0.1, 0.15) is 36.9 Å². The van der Waals surface area contributed by atoms with Gasteiger partial charge in [0.25, 0.3) is 0 Å². The minimum atomic E-state index is 0.239. The summed E-state index contributed by atoms with van der Waals surface area (Å²) in [5, 5.41) is 0. The van der Waals surface area contributed by atoms with E-state index in [9.17, 15) is 0 Å². The van der Waals surface area contributed by atoms with Crippen LogP contribution in [0.25, 0.3) is 16.7 Å². The Morgan fingerprint density at radius 2 is 1.54 bits per heavy atom. The molecule has 35 heavy (non-hydrogen) atoms. The Bertz CT molecular complexity index is 1190. The van der Waals surface area contributed by atoms with Gasteiger partial charge >= 0.3 is 0 Å². The average molecular weight is 469 g/mol. The summed E-state index contributed by atoms with van der Waals surface area (Å²) < 4.78 is 22.6. The van der Waals surface area contributed by atoms with Crippen molar-refractivity contribution in [2.45, 2.75) is 44.3 Å². The molecule has 2 fully saturated rings. The van der Waals surface area contributed by atoms with Crippen molar-refractivity contribution in [3.05, 3.63) is 89.5 Å². The van der Waals surface area contributed by atoms with Crippen LogP contribution in [0.3, 0.4) is 0 Å². The maximum Gasteiger partial charge on any atom is 0.130 e. The number of rotatable bonds is 9. The zero-order valence-corrected chi connectivity index (χ0v) is 20.2. The maximum atomic E-state index is 6.25. The van der Waals surface area contributed by atoms with Crippen LogP contribution in [0.2, 0.25) is 0 Å². The Morgan fingerprint density at radius 3 is 2.20 bits per heavy atom. The molecule has 0 spiro atoms. The number of allylic oxidation sites excluding steroid dienone is 2. The number of hydrogen-bond acceptors (Lipinski definition) is 4. The molecule has 0 amide bonds. The number of epoxide rings is 2. The highest BCUT2D eigenvalue weighted by Gasteiger charge is 2.25. The van der Waals surface area contributed by atoms with Gasteiger partial charge in [-0.1, -0.05) is 48.5 Å². The predicted octanol–water partition coefficient (Wildman–Crippen LogP) is 6.57. The van der Waals surface area contributed by atoms with Crippen molar-refractivity contribution in [3.8, 4) is 22.6 Å². The number of benzene rings is 3. The Balaban J connectivity index is 1.19. The first-order valence-electron chi connectivity index (χ1n) is 12.7. The lowest BCUT2D eigenvalue weighted by Crippen LogP contribution is -2.08. The lowest BCUT2D eigenvalue weighted by molar-refractivity contribution is 0.262. The van der Waals surface area contributed by atoms with Crippen LogP contribution < -0.4 is 9.47 Å². The number of ether oxygens (including phenoxy) is 4. The molecule has 0 saturated carbocycles. The summed E-state index contributed by atoms with van der Waals surface area (Å²) in [6.07, 6.45) is 6.25. The lowest BCUT2D eigenvalue weighted by atomic mass is 9.82. The first-order valence-corrected chi connectivity index (χ1v) is 12.7. The molecule has 180 valence electrons. The van der Waals surface area contributed by atoms with E-state index < -0.39 is 0 Å². The van der Waals surface area contributed by atoms with Gasteiger partial charge < -0.3 is 18.9 Å². The second-order valence-electron chi connectivity index (χ2n) is 9.84. The van der Waals surface area contributed by atoms with Crippen LogP contribution in [-0.2, 0) is 9.47 Å². The van der Waals surface area contributed by atoms with Crippen LogP contribution in [0.15, 0.2) is 72.8 Å². The zero-order valence-electron chi connectivity index (χ0n) is 20.2. The molecule has 4 nitrogen and oxygen atoms in total. The molecule has 1 aliphatic carbocycles. The molecule has 3 atom stereocenters. The lowest BCUT2D eigenvalue weighted by Gasteiger charge is -2.24. The van der Waals surface area contributed by atoms with E-state index >= 15 is 0 Å². The van der Waals surface area contributed by atoms with Crippen molar-refractivity contribution in [1.82, 2.24) is 0 Å². The summed E-state index contributed by atoms with van der Waals surface area (Å²) in [6, 6.07) is 23.8. The van der Waals surface area contributed by atoms with E-state index in [4.69, 9.17) is 18.9 Å². The fourth-order valence-corrected chi connectivity index (χ4v) is 4.91. The molecule has 3 aliphatic rings. The maximum absolute atomic E-state index is 6.25. The summed E-state index contributed by atoms with van der Waals surface area (Å²) in [6.45, 7) is 5.05. The molecule has 0 bridgehead atoms. The first-order chi connectivity index (χ1) is 17.2. The third-order valence-corrected chi connectivity index (χ3v) is 7.15. The van der Waals surface area contributed by atoms with Crippen molar-refractivity contribution < 1.29 is 18.9 Å². The molecule has 4 heteroatoms. The van der Waals surface area contributed by atoms with Crippen LogP contribution in [0.4, 0.5) is 0 Å². The Hall–Kier alpha value is -3.08. The Labute approximate surface area is 207 Å². The number of hydrogen-bond donors (Lipinski definition) is 0. The average Bonchev–Trinajstić information content (AvgIpc) is 3.83. The fraction of sp³-hybridized carbons (Fsp3) is 0.355. The molecule has 0 N–H and O–H groups in total.